The molecule has 0 amide bonds. The topological polar surface area (TPSA) is 68.3 Å². The highest BCUT2D eigenvalue weighted by molar-refractivity contribution is 7.98. The molecule has 1 aromatic carbocycles. The minimum absolute atomic E-state index is 0.0282. The van der Waals surface area contributed by atoms with Crippen molar-refractivity contribution in [2.75, 3.05) is 26.6 Å². The van der Waals surface area contributed by atoms with Gasteiger partial charge in [-0.1, -0.05) is 6.07 Å². The molecular formula is C12H18N2O2S. The molecule has 0 aliphatic carbocycles. The number of hydrogen-bond donors (Lipinski definition) is 2. The van der Waals surface area contributed by atoms with E-state index in [1.807, 2.05) is 18.2 Å². The van der Waals surface area contributed by atoms with Gasteiger partial charge in [-0.2, -0.15) is 11.8 Å². The Morgan fingerprint density at radius 3 is 2.76 bits per heavy atom. The van der Waals surface area contributed by atoms with Crippen molar-refractivity contribution in [1.29, 1.82) is 5.41 Å². The Kier molecular flexibility index (Phi) is 5.86. The number of thioether (sulfide) groups is 1. The van der Waals surface area contributed by atoms with E-state index in [0.717, 1.165) is 23.7 Å². The molecule has 4 nitrogen and oxygen atoms in total. The Bertz CT molecular complexity index is 383. The summed E-state index contributed by atoms with van der Waals surface area (Å²) in [5.41, 5.74) is 7.26. The van der Waals surface area contributed by atoms with Crippen molar-refractivity contribution >= 4 is 17.6 Å². The largest absolute Gasteiger partial charge is 0.496 e. The van der Waals surface area contributed by atoms with E-state index in [4.69, 9.17) is 20.6 Å². The zero-order valence-corrected chi connectivity index (χ0v) is 11.0. The second kappa shape index (κ2) is 7.19. The molecule has 0 aliphatic heterocycles. The summed E-state index contributed by atoms with van der Waals surface area (Å²) in [6.45, 7) is 0.757. The van der Waals surface area contributed by atoms with Gasteiger partial charge in [0.25, 0.3) is 0 Å². The lowest BCUT2D eigenvalue weighted by atomic mass is 10.1. The number of nitrogens with two attached hydrogens (primary N) is 1. The summed E-state index contributed by atoms with van der Waals surface area (Å²) in [5, 5.41) is 7.42. The molecule has 0 aliphatic rings. The third kappa shape index (κ3) is 4.28. The molecule has 0 unspecified atom stereocenters. The first-order chi connectivity index (χ1) is 8.19. The highest BCUT2D eigenvalue weighted by atomic mass is 32.2. The van der Waals surface area contributed by atoms with E-state index in [-0.39, 0.29) is 5.84 Å². The number of rotatable bonds is 7. The van der Waals surface area contributed by atoms with E-state index >= 15 is 0 Å². The molecule has 0 heterocycles. The number of ether oxygens (including phenoxy) is 2. The zero-order chi connectivity index (χ0) is 12.7. The van der Waals surface area contributed by atoms with Gasteiger partial charge in [0, 0.05) is 18.6 Å². The average molecular weight is 254 g/mol. The fourth-order valence-electron chi connectivity index (χ4n) is 1.38. The molecule has 0 aromatic heterocycles. The Labute approximate surface area is 106 Å². The first kappa shape index (κ1) is 13.9. The van der Waals surface area contributed by atoms with Crippen molar-refractivity contribution in [3.05, 3.63) is 29.3 Å². The van der Waals surface area contributed by atoms with Crippen LogP contribution in [0.4, 0.5) is 0 Å². The van der Waals surface area contributed by atoms with Crippen molar-refractivity contribution in [3.63, 3.8) is 0 Å². The monoisotopic (exact) mass is 254 g/mol. The second-order valence-electron chi connectivity index (χ2n) is 3.49. The molecule has 94 valence electrons. The van der Waals surface area contributed by atoms with Gasteiger partial charge in [0.15, 0.2) is 0 Å². The Hall–Kier alpha value is -1.20. The third-order valence-corrected chi connectivity index (χ3v) is 3.25. The van der Waals surface area contributed by atoms with Crippen LogP contribution in [0.5, 0.6) is 5.75 Å². The Morgan fingerprint density at radius 2 is 2.18 bits per heavy atom. The molecule has 0 radical (unpaired) electrons. The van der Waals surface area contributed by atoms with Crippen LogP contribution in [0.15, 0.2) is 18.2 Å². The van der Waals surface area contributed by atoms with Crippen LogP contribution in [0.3, 0.4) is 0 Å². The lowest BCUT2D eigenvalue weighted by Crippen LogP contribution is -2.12. The maximum atomic E-state index is 7.42. The van der Waals surface area contributed by atoms with Crippen LogP contribution in [0.25, 0.3) is 0 Å². The summed E-state index contributed by atoms with van der Waals surface area (Å²) in [6.07, 6.45) is 0. The van der Waals surface area contributed by atoms with Gasteiger partial charge in [-0.3, -0.25) is 5.41 Å². The van der Waals surface area contributed by atoms with E-state index in [2.05, 4.69) is 0 Å². The number of nitrogens with one attached hydrogen (secondary N) is 1. The molecule has 3 N–H and O–H groups in total. The van der Waals surface area contributed by atoms with Gasteiger partial charge in [0.05, 0.1) is 19.3 Å². The molecule has 5 heteroatoms. The Balaban J connectivity index is 2.66. The van der Waals surface area contributed by atoms with Gasteiger partial charge in [-0.15, -0.1) is 0 Å². The maximum absolute atomic E-state index is 7.42. The summed E-state index contributed by atoms with van der Waals surface area (Å²) < 4.78 is 10.2. The van der Waals surface area contributed by atoms with Gasteiger partial charge in [-0.05, 0) is 17.7 Å². The van der Waals surface area contributed by atoms with E-state index < -0.39 is 0 Å². The van der Waals surface area contributed by atoms with Crippen LogP contribution < -0.4 is 10.5 Å². The summed E-state index contributed by atoms with van der Waals surface area (Å²) in [5.74, 6) is 2.55. The molecule has 0 bridgehead atoms. The molecule has 1 rings (SSSR count). The summed E-state index contributed by atoms with van der Waals surface area (Å²) in [4.78, 5) is 0. The summed E-state index contributed by atoms with van der Waals surface area (Å²) >= 11 is 1.80. The van der Waals surface area contributed by atoms with Crippen LogP contribution >= 0.6 is 11.8 Å². The van der Waals surface area contributed by atoms with E-state index in [1.54, 1.807) is 26.0 Å². The van der Waals surface area contributed by atoms with Crippen molar-refractivity contribution in [1.82, 2.24) is 0 Å². The van der Waals surface area contributed by atoms with E-state index in [1.165, 1.54) is 0 Å². The number of methoxy groups -OCH3 is 2. The van der Waals surface area contributed by atoms with Crippen LogP contribution in [0, 0.1) is 5.41 Å². The quantitative estimate of drug-likeness (QED) is 0.443. The lowest BCUT2D eigenvalue weighted by Gasteiger charge is -2.09. The van der Waals surface area contributed by atoms with Crippen LogP contribution in [-0.4, -0.2) is 32.4 Å². The van der Waals surface area contributed by atoms with Crippen molar-refractivity contribution in [2.45, 2.75) is 5.75 Å². The molecule has 0 fully saturated rings. The lowest BCUT2D eigenvalue weighted by molar-refractivity contribution is 0.218. The van der Waals surface area contributed by atoms with Gasteiger partial charge in [-0.25, -0.2) is 0 Å². The molecule has 17 heavy (non-hydrogen) atoms. The molecule has 0 spiro atoms. The van der Waals surface area contributed by atoms with Crippen LogP contribution in [-0.2, 0) is 10.5 Å². The van der Waals surface area contributed by atoms with Crippen molar-refractivity contribution in [3.8, 4) is 5.75 Å². The molecule has 1 aromatic rings. The summed E-state index contributed by atoms with van der Waals surface area (Å²) in [6, 6.07) is 5.73. The number of amidine groups is 1. The smallest absolute Gasteiger partial charge is 0.130 e. The van der Waals surface area contributed by atoms with Gasteiger partial charge >= 0.3 is 0 Å². The van der Waals surface area contributed by atoms with E-state index in [0.29, 0.717) is 11.3 Å². The standard InChI is InChI=1S/C12H18N2O2S/c1-15-5-6-17-8-9-3-4-10(12(13)14)11(7-9)16-2/h3-4,7H,5-6,8H2,1-2H3,(H3,13,14). The van der Waals surface area contributed by atoms with Crippen molar-refractivity contribution in [2.24, 2.45) is 5.73 Å². The van der Waals surface area contributed by atoms with Gasteiger partial charge in [0.1, 0.15) is 11.6 Å². The fourth-order valence-corrected chi connectivity index (χ4v) is 2.22. The first-order valence-corrected chi connectivity index (χ1v) is 6.42. The maximum Gasteiger partial charge on any atom is 0.130 e. The fraction of sp³-hybridized carbons (Fsp3) is 0.417. The van der Waals surface area contributed by atoms with Gasteiger partial charge in [0.2, 0.25) is 0 Å². The number of benzene rings is 1. The number of hydrogen-bond acceptors (Lipinski definition) is 4. The third-order valence-electron chi connectivity index (χ3n) is 2.26. The molecule has 0 saturated carbocycles. The second-order valence-corrected chi connectivity index (χ2v) is 4.60. The van der Waals surface area contributed by atoms with Crippen LogP contribution in [0.1, 0.15) is 11.1 Å². The SMILES string of the molecule is COCCSCc1ccc(C(=N)N)c(OC)c1. The first-order valence-electron chi connectivity index (χ1n) is 5.27. The highest BCUT2D eigenvalue weighted by Gasteiger charge is 2.06. The predicted octanol–water partition coefficient (Wildman–Crippen LogP) is 1.86. The van der Waals surface area contributed by atoms with E-state index in [9.17, 15) is 0 Å². The molecule has 0 atom stereocenters. The van der Waals surface area contributed by atoms with Gasteiger partial charge < -0.3 is 15.2 Å². The minimum atomic E-state index is 0.0282. The highest BCUT2D eigenvalue weighted by Crippen LogP contribution is 2.22. The summed E-state index contributed by atoms with van der Waals surface area (Å²) in [7, 11) is 3.29. The minimum Gasteiger partial charge on any atom is -0.496 e. The normalized spacial score (nSPS) is 10.2. The average Bonchev–Trinajstić information content (AvgIpc) is 2.34. The Morgan fingerprint density at radius 1 is 1.41 bits per heavy atom. The molecular weight excluding hydrogens is 236 g/mol. The number of nitrogen functional groups attached to an aromatic ring is 1. The predicted molar refractivity (Wildman–Crippen MR) is 72.0 cm³/mol. The van der Waals surface area contributed by atoms with Crippen LogP contribution in [0.2, 0.25) is 0 Å². The van der Waals surface area contributed by atoms with Crippen molar-refractivity contribution < 1.29 is 9.47 Å². The molecule has 0 saturated heterocycles. The zero-order valence-electron chi connectivity index (χ0n) is 10.2.